The van der Waals surface area contributed by atoms with E-state index in [4.69, 9.17) is 4.74 Å². The topological polar surface area (TPSA) is 105 Å². The molecule has 1 heterocycles. The van der Waals surface area contributed by atoms with E-state index in [1.807, 2.05) is 0 Å². The minimum atomic E-state index is -4.91. The van der Waals surface area contributed by atoms with Gasteiger partial charge >= 0.3 is 12.1 Å². The summed E-state index contributed by atoms with van der Waals surface area (Å²) in [7, 11) is 0. The minimum absolute atomic E-state index is 0.222. The molecule has 1 aromatic rings. The van der Waals surface area contributed by atoms with Gasteiger partial charge in [-0.1, -0.05) is 0 Å². The maximum absolute atomic E-state index is 12.2. The lowest BCUT2D eigenvalue weighted by Crippen LogP contribution is -2.35. The van der Waals surface area contributed by atoms with Crippen molar-refractivity contribution in [3.63, 3.8) is 0 Å². The Labute approximate surface area is 176 Å². The van der Waals surface area contributed by atoms with E-state index in [0.29, 0.717) is 30.3 Å². The largest absolute Gasteiger partial charge is 0.455 e. The van der Waals surface area contributed by atoms with E-state index in [1.165, 1.54) is 11.8 Å². The van der Waals surface area contributed by atoms with E-state index in [1.54, 1.807) is 24.3 Å². The van der Waals surface area contributed by atoms with E-state index in [-0.39, 0.29) is 19.0 Å². The molecule has 1 aliphatic rings. The summed E-state index contributed by atoms with van der Waals surface area (Å²) >= 11 is 0. The number of carbonyl (C=O) groups is 4. The highest BCUT2D eigenvalue weighted by atomic mass is 19.4. The van der Waals surface area contributed by atoms with E-state index in [0.717, 1.165) is 6.20 Å². The molecule has 1 aliphatic heterocycles. The standard InChI is InChI=1S/C20H22F3N3O5/c1-13(27)24-15-2-4-16(5-3-15)25-18(29)12-31-19(30)14-6-9-26(10-7-14)11-8-17(28)20(21,22)23/h2-5,8,11,14H,6-7,9-10,12H2,1H3,(H,24,27)(H,25,29)/b11-8+. The lowest BCUT2D eigenvalue weighted by Gasteiger charge is -2.29. The van der Waals surface area contributed by atoms with Gasteiger partial charge in [0.2, 0.25) is 5.91 Å². The van der Waals surface area contributed by atoms with Crippen LogP contribution < -0.4 is 10.6 Å². The fourth-order valence-electron chi connectivity index (χ4n) is 2.84. The molecule has 0 aliphatic carbocycles. The number of nitrogens with one attached hydrogen (secondary N) is 2. The number of esters is 1. The first-order valence-corrected chi connectivity index (χ1v) is 9.42. The van der Waals surface area contributed by atoms with Crippen LogP contribution in [0.2, 0.25) is 0 Å². The highest BCUT2D eigenvalue weighted by Crippen LogP contribution is 2.20. The van der Waals surface area contributed by atoms with Gasteiger partial charge in [-0.3, -0.25) is 19.2 Å². The maximum atomic E-state index is 12.2. The fourth-order valence-corrected chi connectivity index (χ4v) is 2.84. The molecule has 2 N–H and O–H groups in total. The monoisotopic (exact) mass is 441 g/mol. The van der Waals surface area contributed by atoms with E-state index in [9.17, 15) is 32.3 Å². The summed E-state index contributed by atoms with van der Waals surface area (Å²) in [6.45, 7) is 1.47. The van der Waals surface area contributed by atoms with Crippen LogP contribution in [0.4, 0.5) is 24.5 Å². The van der Waals surface area contributed by atoms with Gasteiger partial charge in [0.25, 0.3) is 11.7 Å². The number of hydrogen-bond donors (Lipinski definition) is 2. The van der Waals surface area contributed by atoms with Crippen molar-refractivity contribution >= 4 is 34.9 Å². The molecule has 0 saturated carbocycles. The van der Waals surface area contributed by atoms with Crippen molar-refractivity contribution in [2.75, 3.05) is 30.3 Å². The Balaban J connectivity index is 1.72. The summed E-state index contributed by atoms with van der Waals surface area (Å²) in [6.07, 6.45) is -2.72. The second kappa shape index (κ2) is 10.6. The number of carbonyl (C=O) groups excluding carboxylic acids is 4. The molecule has 0 aromatic heterocycles. The number of amides is 2. The van der Waals surface area contributed by atoms with Crippen molar-refractivity contribution in [1.29, 1.82) is 0 Å². The van der Waals surface area contributed by atoms with Crippen LogP contribution in [-0.2, 0) is 23.9 Å². The molecule has 2 amide bonds. The van der Waals surface area contributed by atoms with Gasteiger partial charge in [-0.2, -0.15) is 13.2 Å². The van der Waals surface area contributed by atoms with Gasteiger partial charge in [0, 0.05) is 43.7 Å². The van der Waals surface area contributed by atoms with Crippen molar-refractivity contribution in [2.24, 2.45) is 5.92 Å². The summed E-state index contributed by atoms with van der Waals surface area (Å²) in [5, 5.41) is 5.15. The third-order valence-corrected chi connectivity index (χ3v) is 4.41. The molecule has 11 heteroatoms. The van der Waals surface area contributed by atoms with Crippen LogP contribution in [0, 0.1) is 5.92 Å². The average molecular weight is 441 g/mol. The van der Waals surface area contributed by atoms with E-state index in [2.05, 4.69) is 10.6 Å². The molecule has 0 spiro atoms. The normalized spacial score (nSPS) is 14.9. The number of alkyl halides is 3. The van der Waals surface area contributed by atoms with Gasteiger partial charge in [-0.25, -0.2) is 0 Å². The van der Waals surface area contributed by atoms with Crippen LogP contribution >= 0.6 is 0 Å². The molecule has 31 heavy (non-hydrogen) atoms. The summed E-state index contributed by atoms with van der Waals surface area (Å²) in [5.41, 5.74) is 1.03. The number of hydrogen-bond acceptors (Lipinski definition) is 6. The van der Waals surface area contributed by atoms with Gasteiger partial charge in [0.05, 0.1) is 5.92 Å². The zero-order valence-corrected chi connectivity index (χ0v) is 16.7. The van der Waals surface area contributed by atoms with E-state index >= 15 is 0 Å². The number of nitrogens with zero attached hydrogens (tertiary/aromatic N) is 1. The Hall–Kier alpha value is -3.37. The Kier molecular flexibility index (Phi) is 8.17. The molecular formula is C20H22F3N3O5. The molecule has 1 saturated heterocycles. The summed E-state index contributed by atoms with van der Waals surface area (Å²) in [6, 6.07) is 6.37. The maximum Gasteiger partial charge on any atom is 0.454 e. The van der Waals surface area contributed by atoms with Gasteiger partial charge in [-0.15, -0.1) is 0 Å². The molecule has 8 nitrogen and oxygen atoms in total. The number of ketones is 1. The molecule has 1 fully saturated rings. The molecule has 0 radical (unpaired) electrons. The predicted octanol–water partition coefficient (Wildman–Crippen LogP) is 2.48. The summed E-state index contributed by atoms with van der Waals surface area (Å²) < 4.78 is 41.6. The van der Waals surface area contributed by atoms with Crippen molar-refractivity contribution in [2.45, 2.75) is 25.9 Å². The molecular weight excluding hydrogens is 419 g/mol. The number of benzene rings is 1. The van der Waals surface area contributed by atoms with Crippen LogP contribution in [0.15, 0.2) is 36.5 Å². The highest BCUT2D eigenvalue weighted by Gasteiger charge is 2.36. The summed E-state index contributed by atoms with van der Waals surface area (Å²) in [5.74, 6) is -3.74. The van der Waals surface area contributed by atoms with Crippen LogP contribution in [0.3, 0.4) is 0 Å². The van der Waals surface area contributed by atoms with Gasteiger partial charge in [0.1, 0.15) is 0 Å². The first-order valence-electron chi connectivity index (χ1n) is 9.42. The first kappa shape index (κ1) is 23.9. The number of allylic oxidation sites excluding steroid dienone is 1. The molecule has 0 unspecified atom stereocenters. The van der Waals surface area contributed by atoms with Gasteiger partial charge in [-0.05, 0) is 37.1 Å². The molecule has 2 rings (SSSR count). The van der Waals surface area contributed by atoms with E-state index < -0.39 is 36.4 Å². The number of piperidine rings is 1. The van der Waals surface area contributed by atoms with Gasteiger partial charge in [0.15, 0.2) is 6.61 Å². The number of anilines is 2. The number of likely N-dealkylation sites (tertiary alicyclic amines) is 1. The number of rotatable bonds is 7. The lowest BCUT2D eigenvalue weighted by atomic mass is 9.97. The average Bonchev–Trinajstić information content (AvgIpc) is 2.71. The molecule has 0 bridgehead atoms. The fraction of sp³-hybridized carbons (Fsp3) is 0.400. The zero-order chi connectivity index (χ0) is 23.0. The smallest absolute Gasteiger partial charge is 0.454 e. The van der Waals surface area contributed by atoms with Crippen LogP contribution in [0.1, 0.15) is 19.8 Å². The third kappa shape index (κ3) is 8.11. The Bertz CT molecular complexity index is 845. The molecule has 1 aromatic carbocycles. The second-order valence-electron chi connectivity index (χ2n) is 6.90. The molecule has 168 valence electrons. The second-order valence-corrected chi connectivity index (χ2v) is 6.90. The Morgan fingerprint density at radius 3 is 2.13 bits per heavy atom. The third-order valence-electron chi connectivity index (χ3n) is 4.41. The Morgan fingerprint density at radius 2 is 1.61 bits per heavy atom. The van der Waals surface area contributed by atoms with Crippen molar-refractivity contribution in [1.82, 2.24) is 4.90 Å². The number of ether oxygens (including phenoxy) is 1. The van der Waals surface area contributed by atoms with Crippen LogP contribution in [-0.4, -0.2) is 54.3 Å². The van der Waals surface area contributed by atoms with Crippen molar-refractivity contribution in [3.8, 4) is 0 Å². The minimum Gasteiger partial charge on any atom is -0.455 e. The molecule has 0 atom stereocenters. The van der Waals surface area contributed by atoms with Crippen LogP contribution in [0.5, 0.6) is 0 Å². The summed E-state index contributed by atoms with van der Waals surface area (Å²) in [4.78, 5) is 47.4. The van der Waals surface area contributed by atoms with Crippen molar-refractivity contribution < 1.29 is 37.1 Å². The van der Waals surface area contributed by atoms with Crippen molar-refractivity contribution in [3.05, 3.63) is 36.5 Å². The lowest BCUT2D eigenvalue weighted by molar-refractivity contribution is -0.165. The Morgan fingerprint density at radius 1 is 1.06 bits per heavy atom. The number of halogens is 3. The first-order chi connectivity index (χ1) is 14.5. The predicted molar refractivity (Wildman–Crippen MR) is 105 cm³/mol. The quantitative estimate of drug-likeness (QED) is 0.498. The SMILES string of the molecule is CC(=O)Nc1ccc(NC(=O)COC(=O)C2CCN(/C=C/C(=O)C(F)(F)F)CC2)cc1. The highest BCUT2D eigenvalue weighted by molar-refractivity contribution is 5.94. The van der Waals surface area contributed by atoms with Gasteiger partial charge < -0.3 is 20.3 Å². The van der Waals surface area contributed by atoms with Crippen LogP contribution in [0.25, 0.3) is 0 Å². The zero-order valence-electron chi connectivity index (χ0n) is 16.7.